The quantitative estimate of drug-likeness (QED) is 0.495. The van der Waals surface area contributed by atoms with E-state index in [2.05, 4.69) is 21.7 Å². The maximum absolute atomic E-state index is 9.84. The molecule has 1 aliphatic heterocycles. The molecule has 1 aliphatic rings. The Morgan fingerprint density at radius 2 is 2.25 bits per heavy atom. The van der Waals surface area contributed by atoms with Gasteiger partial charge in [0.05, 0.1) is 25.0 Å². The third-order valence-electron chi connectivity index (χ3n) is 3.06. The standard InChI is InChI=1S/C14H22N3O2.K/c1-11-4-5-14(13(15-11)9-16(2)3)17-6-7-19-10-12(18)8-17;/h4-5,12,18H,1,6-10H2,2-3H3;/q-1;+1. The first-order chi connectivity index (χ1) is 9.06. The topological polar surface area (TPSA) is 48.8 Å². The van der Waals surface area contributed by atoms with Crippen molar-refractivity contribution in [2.75, 3.05) is 45.3 Å². The number of aromatic nitrogens is 1. The molecule has 0 radical (unpaired) electrons. The van der Waals surface area contributed by atoms with Crippen LogP contribution in [0.3, 0.4) is 0 Å². The number of nitrogens with zero attached hydrogens (tertiary/aromatic N) is 3. The zero-order valence-corrected chi connectivity index (χ0v) is 15.8. The molecule has 1 N–H and O–H groups in total. The monoisotopic (exact) mass is 303 g/mol. The zero-order valence-electron chi connectivity index (χ0n) is 12.7. The van der Waals surface area contributed by atoms with Crippen molar-refractivity contribution >= 4 is 5.69 Å². The molecule has 0 spiro atoms. The summed E-state index contributed by atoms with van der Waals surface area (Å²) in [5.41, 5.74) is 2.82. The first kappa shape index (κ1) is 18.4. The molecule has 1 aromatic rings. The number of hydrogen-bond acceptors (Lipinski definition) is 5. The Bertz CT molecular complexity index is 429. The number of aliphatic hydroxyl groups excluding tert-OH is 1. The van der Waals surface area contributed by atoms with Gasteiger partial charge in [0.1, 0.15) is 0 Å². The number of hydrogen-bond donors (Lipinski definition) is 1. The number of pyridine rings is 1. The molecular weight excluding hydrogens is 281 g/mol. The van der Waals surface area contributed by atoms with E-state index in [1.54, 1.807) is 0 Å². The third-order valence-corrected chi connectivity index (χ3v) is 3.06. The van der Waals surface area contributed by atoms with Gasteiger partial charge in [0.25, 0.3) is 0 Å². The molecule has 0 amide bonds. The van der Waals surface area contributed by atoms with Crippen molar-refractivity contribution in [3.63, 3.8) is 0 Å². The second-order valence-electron chi connectivity index (χ2n) is 5.18. The zero-order chi connectivity index (χ0) is 13.8. The average Bonchev–Trinajstić information content (AvgIpc) is 2.53. The van der Waals surface area contributed by atoms with Gasteiger partial charge < -0.3 is 19.6 Å². The Labute approximate surface area is 163 Å². The van der Waals surface area contributed by atoms with Crippen LogP contribution in [0.25, 0.3) is 0 Å². The number of rotatable bonds is 3. The number of β-amino-alcohol motifs (C(OH)–C–C–N with tert-alkyl or cyclic N) is 1. The summed E-state index contributed by atoms with van der Waals surface area (Å²) in [5, 5.41) is 9.84. The molecule has 0 aliphatic carbocycles. The van der Waals surface area contributed by atoms with Gasteiger partial charge >= 0.3 is 51.4 Å². The minimum atomic E-state index is -0.450. The Morgan fingerprint density at radius 3 is 2.95 bits per heavy atom. The number of ether oxygens (including phenoxy) is 1. The molecule has 0 aromatic carbocycles. The van der Waals surface area contributed by atoms with E-state index in [9.17, 15) is 5.11 Å². The molecule has 106 valence electrons. The van der Waals surface area contributed by atoms with Crippen molar-refractivity contribution in [3.05, 3.63) is 30.4 Å². The molecule has 1 atom stereocenters. The fourth-order valence-corrected chi connectivity index (χ4v) is 2.25. The summed E-state index contributed by atoms with van der Waals surface area (Å²) in [5.74, 6) is 0. The maximum Gasteiger partial charge on any atom is 1.00 e. The summed E-state index contributed by atoms with van der Waals surface area (Å²) in [4.78, 5) is 8.75. The summed E-state index contributed by atoms with van der Waals surface area (Å²) in [6.07, 6.45) is -0.450. The summed E-state index contributed by atoms with van der Waals surface area (Å²) in [6.45, 7) is 7.03. The second kappa shape index (κ2) is 8.70. The van der Waals surface area contributed by atoms with Crippen LogP contribution in [0.1, 0.15) is 11.4 Å². The van der Waals surface area contributed by atoms with Gasteiger partial charge in [0.15, 0.2) is 0 Å². The van der Waals surface area contributed by atoms with Gasteiger partial charge in [-0.25, -0.2) is 6.92 Å². The number of anilines is 1. The normalized spacial score (nSPS) is 19.6. The predicted molar refractivity (Wildman–Crippen MR) is 75.1 cm³/mol. The largest absolute Gasteiger partial charge is 1.00 e. The molecule has 1 unspecified atom stereocenters. The van der Waals surface area contributed by atoms with Gasteiger partial charge in [-0.1, -0.05) is 0 Å². The Morgan fingerprint density at radius 1 is 1.50 bits per heavy atom. The van der Waals surface area contributed by atoms with Crippen molar-refractivity contribution in [2.24, 2.45) is 0 Å². The average molecular weight is 303 g/mol. The van der Waals surface area contributed by atoms with E-state index in [0.29, 0.717) is 19.8 Å². The molecule has 0 bridgehead atoms. The van der Waals surface area contributed by atoms with Crippen LogP contribution in [0.15, 0.2) is 12.1 Å². The summed E-state index contributed by atoms with van der Waals surface area (Å²) >= 11 is 0. The van der Waals surface area contributed by atoms with Gasteiger partial charge in [-0.3, -0.25) is 4.98 Å². The minimum Gasteiger partial charge on any atom is -0.389 e. The molecule has 6 heteroatoms. The Hall–Kier alpha value is 0.336. The van der Waals surface area contributed by atoms with Crippen LogP contribution in [0, 0.1) is 6.92 Å². The molecule has 1 fully saturated rings. The second-order valence-corrected chi connectivity index (χ2v) is 5.18. The molecule has 1 aromatic heterocycles. The molecule has 5 nitrogen and oxygen atoms in total. The van der Waals surface area contributed by atoms with Crippen LogP contribution in [0.2, 0.25) is 0 Å². The van der Waals surface area contributed by atoms with E-state index in [-0.39, 0.29) is 51.4 Å². The van der Waals surface area contributed by atoms with Crippen LogP contribution >= 0.6 is 0 Å². The first-order valence-electron chi connectivity index (χ1n) is 6.53. The van der Waals surface area contributed by atoms with E-state index in [1.807, 2.05) is 26.2 Å². The van der Waals surface area contributed by atoms with Crippen molar-refractivity contribution < 1.29 is 61.2 Å². The predicted octanol–water partition coefficient (Wildman–Crippen LogP) is -2.47. The van der Waals surface area contributed by atoms with Gasteiger partial charge in [-0.2, -0.15) is 6.07 Å². The minimum absolute atomic E-state index is 0. The molecular formula is C14H22KN3O2. The third kappa shape index (κ3) is 5.27. The van der Waals surface area contributed by atoms with Gasteiger partial charge in [-0.15, -0.1) is 11.8 Å². The van der Waals surface area contributed by atoms with Crippen molar-refractivity contribution in [1.29, 1.82) is 0 Å². The molecule has 2 rings (SSSR count). The molecule has 1 saturated heterocycles. The van der Waals surface area contributed by atoms with E-state index in [1.165, 1.54) is 0 Å². The van der Waals surface area contributed by atoms with Crippen LogP contribution in [0.4, 0.5) is 5.69 Å². The SMILES string of the molecule is [CH2-]c1ccc(N2CCOCC(O)C2)c(CN(C)C)n1.[K+]. The van der Waals surface area contributed by atoms with Crippen LogP contribution < -0.4 is 56.3 Å². The fourth-order valence-electron chi connectivity index (χ4n) is 2.25. The van der Waals surface area contributed by atoms with Gasteiger partial charge in [-0.05, 0) is 14.1 Å². The van der Waals surface area contributed by atoms with E-state index >= 15 is 0 Å². The summed E-state index contributed by atoms with van der Waals surface area (Å²) in [6, 6.07) is 3.94. The molecule has 0 saturated carbocycles. The Kier molecular flexibility index (Phi) is 8.00. The van der Waals surface area contributed by atoms with Crippen LogP contribution in [-0.4, -0.2) is 61.5 Å². The molecule has 20 heavy (non-hydrogen) atoms. The van der Waals surface area contributed by atoms with Gasteiger partial charge in [0.2, 0.25) is 0 Å². The summed E-state index contributed by atoms with van der Waals surface area (Å²) < 4.78 is 5.37. The van der Waals surface area contributed by atoms with Crippen LogP contribution in [-0.2, 0) is 11.3 Å². The van der Waals surface area contributed by atoms with Gasteiger partial charge in [0, 0.05) is 25.3 Å². The smallest absolute Gasteiger partial charge is 0.389 e. The maximum atomic E-state index is 9.84. The van der Waals surface area contributed by atoms with Crippen LogP contribution in [0.5, 0.6) is 0 Å². The number of aliphatic hydroxyl groups is 1. The van der Waals surface area contributed by atoms with E-state index in [0.717, 1.165) is 30.2 Å². The van der Waals surface area contributed by atoms with Crippen molar-refractivity contribution in [3.8, 4) is 0 Å². The van der Waals surface area contributed by atoms with E-state index in [4.69, 9.17) is 4.74 Å². The summed E-state index contributed by atoms with van der Waals surface area (Å²) in [7, 11) is 4.03. The first-order valence-corrected chi connectivity index (χ1v) is 6.53. The van der Waals surface area contributed by atoms with E-state index < -0.39 is 6.10 Å². The Balaban J connectivity index is 0.00000200. The fraction of sp³-hybridized carbons (Fsp3) is 0.571. The molecule has 2 heterocycles. The van der Waals surface area contributed by atoms with Crippen molar-refractivity contribution in [2.45, 2.75) is 12.6 Å². The van der Waals surface area contributed by atoms with Crippen molar-refractivity contribution in [1.82, 2.24) is 9.88 Å².